The number of carbonyl (C=O) groups excluding carboxylic acids is 2. The first-order chi connectivity index (χ1) is 21.0. The Kier molecular flexibility index (Phi) is 6.96. The lowest BCUT2D eigenvalue weighted by Crippen LogP contribution is -2.45. The Morgan fingerprint density at radius 3 is 1.51 bits per heavy atom. The normalized spacial score (nSPS) is 26.5. The van der Waals surface area contributed by atoms with Crippen LogP contribution in [0.2, 0.25) is 0 Å². The summed E-state index contributed by atoms with van der Waals surface area (Å²) in [5.74, 6) is 0.735. The maximum atomic E-state index is 12.7. The minimum absolute atomic E-state index is 0.0419. The first-order valence-electron chi connectivity index (χ1n) is 15.7. The lowest BCUT2D eigenvalue weighted by Gasteiger charge is -2.50. The third-order valence-electron chi connectivity index (χ3n) is 10.3. The van der Waals surface area contributed by atoms with E-state index in [1.54, 1.807) is 0 Å². The van der Waals surface area contributed by atoms with Gasteiger partial charge in [0.15, 0.2) is 0 Å². The van der Waals surface area contributed by atoms with Crippen molar-refractivity contribution in [2.75, 3.05) is 13.2 Å². The summed E-state index contributed by atoms with van der Waals surface area (Å²) in [6.07, 6.45) is 1.71. The molecule has 0 spiro atoms. The number of benzene rings is 4. The summed E-state index contributed by atoms with van der Waals surface area (Å²) in [7, 11) is 0. The number of rotatable bonds is 4. The van der Waals surface area contributed by atoms with Crippen molar-refractivity contribution in [2.24, 2.45) is 11.3 Å². The third-order valence-corrected chi connectivity index (χ3v) is 10.3. The van der Waals surface area contributed by atoms with Crippen molar-refractivity contribution in [1.29, 1.82) is 0 Å². The van der Waals surface area contributed by atoms with Crippen molar-refractivity contribution in [3.63, 3.8) is 0 Å². The fourth-order valence-electron chi connectivity index (χ4n) is 8.58. The maximum Gasteiger partial charge on any atom is 0.312 e. The topological polar surface area (TPSA) is 52.6 Å². The van der Waals surface area contributed by atoms with Crippen LogP contribution in [0.1, 0.15) is 102 Å². The zero-order valence-corrected chi connectivity index (χ0v) is 25.1. The molecule has 4 aromatic carbocycles. The summed E-state index contributed by atoms with van der Waals surface area (Å²) in [5.41, 5.74) is 10.3. The second-order valence-electron chi connectivity index (χ2n) is 12.5. The average Bonchev–Trinajstić information content (AvgIpc) is 3.05. The Bertz CT molecular complexity index is 1610. The minimum Gasteiger partial charge on any atom is -0.466 e. The van der Waals surface area contributed by atoms with Gasteiger partial charge in [-0.3, -0.25) is 9.59 Å². The molecule has 0 heterocycles. The summed E-state index contributed by atoms with van der Waals surface area (Å²) in [4.78, 5) is 25.1. The fraction of sp³-hybridized carbons (Fsp3) is 0.333. The van der Waals surface area contributed by atoms with Crippen LogP contribution in [0.5, 0.6) is 0 Å². The molecule has 0 N–H and O–H groups in total. The predicted molar refractivity (Wildman–Crippen MR) is 167 cm³/mol. The molecular weight excluding hydrogens is 532 g/mol. The quantitative estimate of drug-likeness (QED) is 0.233. The van der Waals surface area contributed by atoms with Gasteiger partial charge in [-0.2, -0.15) is 0 Å². The SMILES string of the molecule is CCOC(=O)C1(C)CC2c3ccccc3C1c1ccccc12.CCOC(=O)C1CC2c3ccccc3C1c1ccccc12. The third kappa shape index (κ3) is 4.25. The van der Waals surface area contributed by atoms with E-state index in [1.165, 1.54) is 44.5 Å². The lowest BCUT2D eigenvalue weighted by molar-refractivity contribution is -0.157. The Hall–Kier alpha value is -4.18. The molecular formula is C39H38O4. The molecule has 0 aromatic heterocycles. The molecule has 4 nitrogen and oxygen atoms in total. The van der Waals surface area contributed by atoms with Gasteiger partial charge in [0.25, 0.3) is 0 Å². The molecule has 0 saturated carbocycles. The highest BCUT2D eigenvalue weighted by Gasteiger charge is 2.54. The maximum absolute atomic E-state index is 12.7. The van der Waals surface area contributed by atoms with E-state index in [9.17, 15) is 9.59 Å². The van der Waals surface area contributed by atoms with Crippen molar-refractivity contribution in [3.8, 4) is 0 Å². The predicted octanol–water partition coefficient (Wildman–Crippen LogP) is 8.08. The second kappa shape index (κ2) is 10.8. The first kappa shape index (κ1) is 27.6. The fourth-order valence-corrected chi connectivity index (χ4v) is 8.58. The van der Waals surface area contributed by atoms with E-state index < -0.39 is 5.41 Å². The smallest absolute Gasteiger partial charge is 0.312 e. The van der Waals surface area contributed by atoms with Gasteiger partial charge >= 0.3 is 11.9 Å². The standard InChI is InChI=1S/C20H20O2.C19H18O2/c1-3-22-19(21)20(2)12-17-13-8-4-6-10-15(13)18(20)16-11-7-5-9-14(16)17;1-2-21-19(20)17-11-16-12-7-3-5-9-14(12)18(17)15-10-6-4-8-13(15)16/h4-11,17-18H,3,12H2,1-2H3;3-10,16-18H,2,11H2,1H3. The van der Waals surface area contributed by atoms with Crippen molar-refractivity contribution < 1.29 is 19.1 Å². The number of ether oxygens (including phenoxy) is 2. The Morgan fingerprint density at radius 1 is 0.628 bits per heavy atom. The monoisotopic (exact) mass is 570 g/mol. The molecule has 4 aromatic rings. The highest BCUT2D eigenvalue weighted by atomic mass is 16.5. The highest BCUT2D eigenvalue weighted by Crippen LogP contribution is 2.61. The van der Waals surface area contributed by atoms with Crippen molar-refractivity contribution in [1.82, 2.24) is 0 Å². The molecule has 0 saturated heterocycles. The van der Waals surface area contributed by atoms with Crippen LogP contribution < -0.4 is 0 Å². The molecule has 4 bridgehead atoms. The summed E-state index contributed by atoms with van der Waals surface area (Å²) in [5, 5.41) is 0. The van der Waals surface area contributed by atoms with Crippen LogP contribution in [-0.4, -0.2) is 25.2 Å². The van der Waals surface area contributed by atoms with Crippen molar-refractivity contribution in [2.45, 2.75) is 57.3 Å². The van der Waals surface area contributed by atoms with Crippen LogP contribution in [0.3, 0.4) is 0 Å². The zero-order chi connectivity index (χ0) is 29.7. The van der Waals surface area contributed by atoms with Gasteiger partial charge in [0.2, 0.25) is 0 Å². The van der Waals surface area contributed by atoms with Gasteiger partial charge in [-0.1, -0.05) is 97.1 Å². The Balaban J connectivity index is 0.000000140. The second-order valence-corrected chi connectivity index (χ2v) is 12.5. The van der Waals surface area contributed by atoms with Crippen LogP contribution in [0.25, 0.3) is 0 Å². The molecule has 4 heteroatoms. The number of fused-ring (bicyclic) bond motifs is 2. The van der Waals surface area contributed by atoms with Crippen LogP contribution in [0.15, 0.2) is 97.1 Å². The van der Waals surface area contributed by atoms with E-state index >= 15 is 0 Å². The summed E-state index contributed by atoms with van der Waals surface area (Å²) in [6.45, 7) is 6.73. The lowest BCUT2D eigenvalue weighted by atomic mass is 9.53. The molecule has 0 radical (unpaired) electrons. The van der Waals surface area contributed by atoms with E-state index in [4.69, 9.17) is 9.47 Å². The van der Waals surface area contributed by atoms with Gasteiger partial charge in [-0.15, -0.1) is 0 Å². The summed E-state index contributed by atoms with van der Waals surface area (Å²) >= 11 is 0. The molecule has 2 atom stereocenters. The molecule has 6 aliphatic carbocycles. The van der Waals surface area contributed by atoms with Crippen LogP contribution in [0.4, 0.5) is 0 Å². The minimum atomic E-state index is -0.469. The largest absolute Gasteiger partial charge is 0.466 e. The van der Waals surface area contributed by atoms with E-state index in [0.29, 0.717) is 25.0 Å². The molecule has 43 heavy (non-hydrogen) atoms. The van der Waals surface area contributed by atoms with Gasteiger partial charge in [-0.25, -0.2) is 0 Å². The Morgan fingerprint density at radius 2 is 1.05 bits per heavy atom. The molecule has 2 unspecified atom stereocenters. The summed E-state index contributed by atoms with van der Waals surface area (Å²) < 4.78 is 10.8. The van der Waals surface area contributed by atoms with Crippen LogP contribution >= 0.6 is 0 Å². The Labute approximate surface area is 254 Å². The zero-order valence-electron chi connectivity index (χ0n) is 25.1. The van der Waals surface area contributed by atoms with E-state index in [-0.39, 0.29) is 29.7 Å². The number of esters is 2. The number of carbonyl (C=O) groups is 2. The molecule has 0 aliphatic heterocycles. The van der Waals surface area contributed by atoms with Gasteiger partial charge in [0.05, 0.1) is 24.5 Å². The van der Waals surface area contributed by atoms with E-state index in [0.717, 1.165) is 12.8 Å². The molecule has 10 rings (SSSR count). The first-order valence-corrected chi connectivity index (χ1v) is 15.7. The van der Waals surface area contributed by atoms with Gasteiger partial charge < -0.3 is 9.47 Å². The van der Waals surface area contributed by atoms with Gasteiger partial charge in [-0.05, 0) is 78.1 Å². The van der Waals surface area contributed by atoms with Crippen LogP contribution in [-0.2, 0) is 19.1 Å². The average molecular weight is 571 g/mol. The molecule has 6 aliphatic rings. The molecule has 0 amide bonds. The van der Waals surface area contributed by atoms with E-state index in [2.05, 4.69) is 104 Å². The summed E-state index contributed by atoms with van der Waals surface area (Å²) in [6, 6.07) is 34.3. The van der Waals surface area contributed by atoms with Crippen molar-refractivity contribution in [3.05, 3.63) is 142 Å². The molecule has 0 fully saturated rings. The number of hydrogen-bond acceptors (Lipinski definition) is 4. The van der Waals surface area contributed by atoms with Crippen LogP contribution in [0, 0.1) is 11.3 Å². The molecule has 218 valence electrons. The van der Waals surface area contributed by atoms with Gasteiger partial charge in [0, 0.05) is 23.7 Å². The van der Waals surface area contributed by atoms with E-state index in [1.807, 2.05) is 13.8 Å². The van der Waals surface area contributed by atoms with Gasteiger partial charge in [0.1, 0.15) is 0 Å². The van der Waals surface area contributed by atoms with Crippen molar-refractivity contribution >= 4 is 11.9 Å². The highest BCUT2D eigenvalue weighted by molar-refractivity contribution is 5.82. The number of hydrogen-bond donors (Lipinski definition) is 0.